The lowest BCUT2D eigenvalue weighted by atomic mass is 10.0. The lowest BCUT2D eigenvalue weighted by Crippen LogP contribution is -2.49. The highest BCUT2D eigenvalue weighted by Gasteiger charge is 2.34. The SMILES string of the molecule is Cc1ccc(C)c(N2CCN([C@@H](c3cc4cccc(C)c4[nH]c3=O)c3nnnn3C[C@@H]3CCCO3)CC2)c1. The molecule has 0 saturated carbocycles. The van der Waals surface area contributed by atoms with E-state index in [9.17, 15) is 4.79 Å². The second-order valence-corrected chi connectivity index (χ2v) is 10.7. The van der Waals surface area contributed by atoms with Gasteiger partial charge < -0.3 is 14.6 Å². The van der Waals surface area contributed by atoms with E-state index in [4.69, 9.17) is 4.74 Å². The minimum absolute atomic E-state index is 0.0941. The number of hydrogen-bond donors (Lipinski definition) is 1. The molecule has 0 bridgehead atoms. The van der Waals surface area contributed by atoms with Crippen molar-refractivity contribution < 1.29 is 4.74 Å². The standard InChI is InChI=1S/C29H35N7O2/c1-19-9-10-20(2)25(16-19)34-11-13-35(14-12-34)27(28-31-32-33-36(28)18-23-8-5-15-38-23)24-17-22-7-4-6-21(3)26(22)30-29(24)37/h4,6-7,9-10,16-17,23,27H,5,8,11-15,18H2,1-3H3,(H,30,37)/t23-,27-/m0/s1. The number of pyridine rings is 1. The van der Waals surface area contributed by atoms with Gasteiger partial charge in [-0.15, -0.1) is 5.10 Å². The molecule has 2 fully saturated rings. The Morgan fingerprint density at radius 1 is 1.05 bits per heavy atom. The van der Waals surface area contributed by atoms with E-state index in [1.54, 1.807) is 0 Å². The average Bonchev–Trinajstić information content (AvgIpc) is 3.60. The quantitative estimate of drug-likeness (QED) is 0.422. The van der Waals surface area contributed by atoms with E-state index in [0.717, 1.165) is 62.1 Å². The van der Waals surface area contributed by atoms with Gasteiger partial charge in [-0.05, 0) is 78.2 Å². The number of fused-ring (bicyclic) bond motifs is 1. The van der Waals surface area contributed by atoms with E-state index in [0.29, 0.717) is 17.9 Å². The number of anilines is 1. The second kappa shape index (κ2) is 10.3. The van der Waals surface area contributed by atoms with Crippen molar-refractivity contribution in [3.63, 3.8) is 0 Å². The summed E-state index contributed by atoms with van der Waals surface area (Å²) in [7, 11) is 0. The maximum absolute atomic E-state index is 13.6. The summed E-state index contributed by atoms with van der Waals surface area (Å²) < 4.78 is 7.73. The first-order chi connectivity index (χ1) is 18.5. The van der Waals surface area contributed by atoms with Crippen LogP contribution in [0.3, 0.4) is 0 Å². The molecule has 2 atom stereocenters. The Hall–Kier alpha value is -3.56. The van der Waals surface area contributed by atoms with Gasteiger partial charge in [0.2, 0.25) is 0 Å². The molecular weight excluding hydrogens is 478 g/mol. The van der Waals surface area contributed by atoms with Crippen LogP contribution in [-0.4, -0.2) is 69.0 Å². The molecule has 0 radical (unpaired) electrons. The third-order valence-corrected chi connectivity index (χ3v) is 8.00. The van der Waals surface area contributed by atoms with Crippen LogP contribution in [0.4, 0.5) is 5.69 Å². The minimum atomic E-state index is -0.360. The Morgan fingerprint density at radius 3 is 2.68 bits per heavy atom. The first-order valence-corrected chi connectivity index (χ1v) is 13.5. The van der Waals surface area contributed by atoms with Gasteiger partial charge in [-0.3, -0.25) is 9.69 Å². The summed E-state index contributed by atoms with van der Waals surface area (Å²) in [6, 6.07) is 14.4. The van der Waals surface area contributed by atoms with E-state index in [2.05, 4.69) is 62.4 Å². The molecule has 0 unspecified atom stereocenters. The number of para-hydroxylation sites is 1. The molecule has 9 nitrogen and oxygen atoms in total. The number of benzene rings is 2. The van der Waals surface area contributed by atoms with Crippen LogP contribution in [0.5, 0.6) is 0 Å². The van der Waals surface area contributed by atoms with Crippen LogP contribution in [-0.2, 0) is 11.3 Å². The van der Waals surface area contributed by atoms with Crippen molar-refractivity contribution >= 4 is 16.6 Å². The van der Waals surface area contributed by atoms with Crippen molar-refractivity contribution in [3.8, 4) is 0 Å². The number of tetrazole rings is 1. The summed E-state index contributed by atoms with van der Waals surface area (Å²) in [5.41, 5.74) is 6.32. The number of nitrogens with zero attached hydrogens (tertiary/aromatic N) is 6. The minimum Gasteiger partial charge on any atom is -0.376 e. The van der Waals surface area contributed by atoms with Gasteiger partial charge in [0.1, 0.15) is 6.04 Å². The molecule has 9 heteroatoms. The largest absolute Gasteiger partial charge is 0.376 e. The van der Waals surface area contributed by atoms with Crippen LogP contribution in [0, 0.1) is 20.8 Å². The number of aromatic amines is 1. The Bertz CT molecular complexity index is 1500. The highest BCUT2D eigenvalue weighted by molar-refractivity contribution is 5.82. The lowest BCUT2D eigenvalue weighted by Gasteiger charge is -2.40. The fourth-order valence-corrected chi connectivity index (χ4v) is 5.90. The topological polar surface area (TPSA) is 92.2 Å². The number of ether oxygens (including phenoxy) is 1. The summed E-state index contributed by atoms with van der Waals surface area (Å²) in [6.45, 7) is 11.0. The summed E-state index contributed by atoms with van der Waals surface area (Å²) in [4.78, 5) is 21.5. The molecule has 0 spiro atoms. The van der Waals surface area contributed by atoms with Crippen LogP contribution < -0.4 is 10.5 Å². The number of nitrogens with one attached hydrogen (secondary N) is 1. The molecule has 0 amide bonds. The zero-order chi connectivity index (χ0) is 26.2. The van der Waals surface area contributed by atoms with E-state index in [1.807, 2.05) is 35.9 Å². The fraction of sp³-hybridized carbons (Fsp3) is 0.448. The van der Waals surface area contributed by atoms with Gasteiger partial charge in [-0.25, -0.2) is 4.68 Å². The monoisotopic (exact) mass is 513 g/mol. The predicted molar refractivity (Wildman–Crippen MR) is 148 cm³/mol. The number of hydrogen-bond acceptors (Lipinski definition) is 7. The molecular formula is C29H35N7O2. The number of H-pyrrole nitrogens is 1. The summed E-state index contributed by atoms with van der Waals surface area (Å²) in [6.07, 6.45) is 2.14. The molecule has 2 aromatic heterocycles. The molecule has 38 heavy (non-hydrogen) atoms. The summed E-state index contributed by atoms with van der Waals surface area (Å²) in [5, 5.41) is 13.9. The Morgan fingerprint density at radius 2 is 1.89 bits per heavy atom. The number of aromatic nitrogens is 5. The highest BCUT2D eigenvalue weighted by atomic mass is 16.5. The van der Waals surface area contributed by atoms with E-state index < -0.39 is 0 Å². The van der Waals surface area contributed by atoms with Gasteiger partial charge in [-0.2, -0.15) is 0 Å². The van der Waals surface area contributed by atoms with E-state index in [-0.39, 0.29) is 17.7 Å². The van der Waals surface area contributed by atoms with Crippen molar-refractivity contribution in [2.75, 3.05) is 37.7 Å². The number of piperazine rings is 1. The Labute approximate surface area is 222 Å². The van der Waals surface area contributed by atoms with Crippen molar-refractivity contribution in [1.82, 2.24) is 30.1 Å². The molecule has 4 aromatic rings. The van der Waals surface area contributed by atoms with Crippen LogP contribution in [0.2, 0.25) is 0 Å². The molecule has 2 aliphatic heterocycles. The predicted octanol–water partition coefficient (Wildman–Crippen LogP) is 3.53. The smallest absolute Gasteiger partial charge is 0.253 e. The zero-order valence-electron chi connectivity index (χ0n) is 22.4. The molecule has 198 valence electrons. The van der Waals surface area contributed by atoms with Gasteiger partial charge in [-0.1, -0.05) is 30.3 Å². The first kappa shape index (κ1) is 24.8. The summed E-state index contributed by atoms with van der Waals surface area (Å²) in [5.74, 6) is 0.693. The fourth-order valence-electron chi connectivity index (χ4n) is 5.90. The molecule has 6 rings (SSSR count). The van der Waals surface area contributed by atoms with Gasteiger partial charge in [0.15, 0.2) is 5.82 Å². The molecule has 4 heterocycles. The van der Waals surface area contributed by atoms with Gasteiger partial charge in [0, 0.05) is 44.0 Å². The number of rotatable bonds is 6. The molecule has 2 aromatic carbocycles. The first-order valence-electron chi connectivity index (χ1n) is 13.5. The third kappa shape index (κ3) is 4.72. The Balaban J connectivity index is 1.37. The molecule has 1 N–H and O–H groups in total. The Kier molecular flexibility index (Phi) is 6.71. The van der Waals surface area contributed by atoms with Gasteiger partial charge in [0.05, 0.1) is 18.2 Å². The van der Waals surface area contributed by atoms with Crippen LogP contribution in [0.1, 0.15) is 47.0 Å². The highest BCUT2D eigenvalue weighted by Crippen LogP contribution is 2.31. The number of aryl methyl sites for hydroxylation is 3. The van der Waals surface area contributed by atoms with Crippen molar-refractivity contribution in [2.24, 2.45) is 0 Å². The van der Waals surface area contributed by atoms with Crippen LogP contribution in [0.25, 0.3) is 10.9 Å². The maximum Gasteiger partial charge on any atom is 0.253 e. The van der Waals surface area contributed by atoms with Crippen molar-refractivity contribution in [3.05, 3.63) is 80.9 Å². The van der Waals surface area contributed by atoms with E-state index in [1.165, 1.54) is 16.8 Å². The van der Waals surface area contributed by atoms with Crippen LogP contribution >= 0.6 is 0 Å². The molecule has 0 aliphatic carbocycles. The van der Waals surface area contributed by atoms with Crippen molar-refractivity contribution in [1.29, 1.82) is 0 Å². The second-order valence-electron chi connectivity index (χ2n) is 10.7. The molecule has 2 aliphatic rings. The van der Waals surface area contributed by atoms with Gasteiger partial charge >= 0.3 is 0 Å². The van der Waals surface area contributed by atoms with E-state index >= 15 is 0 Å². The zero-order valence-corrected chi connectivity index (χ0v) is 22.4. The summed E-state index contributed by atoms with van der Waals surface area (Å²) >= 11 is 0. The normalized spacial score (nSPS) is 19.3. The van der Waals surface area contributed by atoms with Gasteiger partial charge in [0.25, 0.3) is 5.56 Å². The van der Waals surface area contributed by atoms with Crippen LogP contribution in [0.15, 0.2) is 47.3 Å². The van der Waals surface area contributed by atoms with Crippen molar-refractivity contribution in [2.45, 2.75) is 52.3 Å². The third-order valence-electron chi connectivity index (χ3n) is 8.00. The lowest BCUT2D eigenvalue weighted by molar-refractivity contribution is 0.0906. The average molecular weight is 514 g/mol. The maximum atomic E-state index is 13.6. The molecule has 2 saturated heterocycles.